The molecular weight excluding hydrogens is 220 g/mol. The summed E-state index contributed by atoms with van der Waals surface area (Å²) >= 11 is 0. The van der Waals surface area contributed by atoms with Crippen LogP contribution >= 0.6 is 0 Å². The number of rotatable bonds is 3. The summed E-state index contributed by atoms with van der Waals surface area (Å²) in [4.78, 5) is 0. The summed E-state index contributed by atoms with van der Waals surface area (Å²) < 4.78 is 9.96. The Labute approximate surface area is 98.1 Å². The topological polar surface area (TPSA) is 86.2 Å². The second-order valence-corrected chi connectivity index (χ2v) is 4.33. The van der Waals surface area contributed by atoms with Crippen LogP contribution in [-0.4, -0.2) is 29.6 Å². The van der Waals surface area contributed by atoms with Gasteiger partial charge >= 0.3 is 0 Å². The molecule has 6 heteroatoms. The zero-order valence-corrected chi connectivity index (χ0v) is 9.51. The molecule has 0 spiro atoms. The Bertz CT molecular complexity index is 533. The van der Waals surface area contributed by atoms with Gasteiger partial charge in [0.1, 0.15) is 0 Å². The monoisotopic (exact) mass is 234 g/mol. The first-order valence-electron chi connectivity index (χ1n) is 5.58. The lowest BCUT2D eigenvalue weighted by Gasteiger charge is -2.35. The molecule has 17 heavy (non-hydrogen) atoms. The number of methoxy groups -OCH3 is 1. The van der Waals surface area contributed by atoms with E-state index in [4.69, 9.17) is 15.1 Å². The van der Waals surface area contributed by atoms with Crippen molar-refractivity contribution in [1.82, 2.24) is 10.3 Å². The lowest BCUT2D eigenvalue weighted by molar-refractivity contribution is 0.0329. The van der Waals surface area contributed by atoms with Crippen molar-refractivity contribution < 1.29 is 9.37 Å². The molecule has 1 aliphatic carbocycles. The highest BCUT2D eigenvalue weighted by Gasteiger charge is 2.29. The maximum absolute atomic E-state index is 5.78. The van der Waals surface area contributed by atoms with Gasteiger partial charge in [-0.1, -0.05) is 0 Å². The van der Waals surface area contributed by atoms with Crippen molar-refractivity contribution >= 4 is 22.4 Å². The van der Waals surface area contributed by atoms with Crippen LogP contribution in [0.3, 0.4) is 0 Å². The van der Waals surface area contributed by atoms with E-state index >= 15 is 0 Å². The van der Waals surface area contributed by atoms with Crippen molar-refractivity contribution in [2.75, 3.05) is 18.2 Å². The average Bonchev–Trinajstić information content (AvgIpc) is 2.75. The van der Waals surface area contributed by atoms with E-state index in [1.807, 2.05) is 6.07 Å². The van der Waals surface area contributed by atoms with Gasteiger partial charge in [0.25, 0.3) is 0 Å². The normalized spacial score (nSPS) is 23.6. The smallest absolute Gasteiger partial charge is 0.160 e. The van der Waals surface area contributed by atoms with Crippen molar-refractivity contribution in [1.29, 1.82) is 0 Å². The summed E-state index contributed by atoms with van der Waals surface area (Å²) in [7, 11) is 1.74. The van der Waals surface area contributed by atoms with Crippen molar-refractivity contribution in [3.63, 3.8) is 0 Å². The first-order valence-corrected chi connectivity index (χ1v) is 5.58. The predicted octanol–water partition coefficient (Wildman–Crippen LogP) is 1.39. The van der Waals surface area contributed by atoms with Crippen LogP contribution < -0.4 is 11.1 Å². The molecule has 1 aromatic heterocycles. The summed E-state index contributed by atoms with van der Waals surface area (Å²) in [6, 6.07) is 4.13. The minimum absolute atomic E-state index is 0.368. The molecule has 2 aromatic rings. The number of benzene rings is 1. The van der Waals surface area contributed by atoms with E-state index in [-0.39, 0.29) is 0 Å². The van der Waals surface area contributed by atoms with E-state index in [0.29, 0.717) is 28.9 Å². The van der Waals surface area contributed by atoms with Gasteiger partial charge in [0.05, 0.1) is 17.5 Å². The zero-order chi connectivity index (χ0) is 11.8. The molecule has 1 aliphatic rings. The molecule has 90 valence electrons. The van der Waals surface area contributed by atoms with Gasteiger partial charge < -0.3 is 15.8 Å². The van der Waals surface area contributed by atoms with Crippen LogP contribution in [0.15, 0.2) is 16.8 Å². The maximum atomic E-state index is 5.78. The van der Waals surface area contributed by atoms with Gasteiger partial charge in [0.2, 0.25) is 0 Å². The standard InChI is InChI=1S/C11H14N4O2/c1-16-7-4-6(5-7)13-9-3-2-8(12)10-11(9)15-17-14-10/h2-3,6-7,13H,4-5,12H2,1H3. The highest BCUT2D eigenvalue weighted by atomic mass is 16.6. The number of fused-ring (bicyclic) bond motifs is 1. The Morgan fingerprint density at radius 2 is 2.12 bits per heavy atom. The van der Waals surface area contributed by atoms with Gasteiger partial charge in [-0.3, -0.25) is 0 Å². The van der Waals surface area contributed by atoms with Gasteiger partial charge in [-0.05, 0) is 35.3 Å². The van der Waals surface area contributed by atoms with Gasteiger partial charge in [0.15, 0.2) is 11.0 Å². The molecular formula is C11H14N4O2. The van der Waals surface area contributed by atoms with Gasteiger partial charge in [-0.2, -0.15) is 0 Å². The lowest BCUT2D eigenvalue weighted by atomic mass is 9.89. The molecule has 0 saturated heterocycles. The lowest BCUT2D eigenvalue weighted by Crippen LogP contribution is -2.40. The Kier molecular flexibility index (Phi) is 2.36. The van der Waals surface area contributed by atoms with Crippen molar-refractivity contribution in [3.05, 3.63) is 12.1 Å². The van der Waals surface area contributed by atoms with Crippen LogP contribution in [-0.2, 0) is 4.74 Å². The SMILES string of the molecule is COC1CC(Nc2ccc(N)c3nonc23)C1. The zero-order valence-electron chi connectivity index (χ0n) is 9.51. The molecule has 0 amide bonds. The van der Waals surface area contributed by atoms with Gasteiger partial charge in [0, 0.05) is 13.2 Å². The van der Waals surface area contributed by atoms with E-state index in [1.165, 1.54) is 0 Å². The third-order valence-electron chi connectivity index (χ3n) is 3.23. The van der Waals surface area contributed by atoms with Crippen molar-refractivity contribution in [2.24, 2.45) is 0 Å². The molecule has 0 unspecified atom stereocenters. The fraction of sp³-hybridized carbons (Fsp3) is 0.455. The number of nitrogens with zero attached hydrogens (tertiary/aromatic N) is 2. The molecule has 1 aromatic carbocycles. The largest absolute Gasteiger partial charge is 0.397 e. The van der Waals surface area contributed by atoms with E-state index in [2.05, 4.69) is 15.6 Å². The molecule has 6 nitrogen and oxygen atoms in total. The summed E-state index contributed by atoms with van der Waals surface area (Å²) in [6.45, 7) is 0. The van der Waals surface area contributed by atoms with Crippen molar-refractivity contribution in [3.8, 4) is 0 Å². The third kappa shape index (κ3) is 1.70. The van der Waals surface area contributed by atoms with Crippen LogP contribution in [0.25, 0.3) is 11.0 Å². The summed E-state index contributed by atoms with van der Waals surface area (Å²) in [5.41, 5.74) is 8.57. The van der Waals surface area contributed by atoms with E-state index in [1.54, 1.807) is 13.2 Å². The number of ether oxygens (including phenoxy) is 1. The van der Waals surface area contributed by atoms with E-state index in [9.17, 15) is 0 Å². The highest BCUT2D eigenvalue weighted by molar-refractivity contribution is 5.95. The second-order valence-electron chi connectivity index (χ2n) is 4.33. The number of nitrogen functional groups attached to an aromatic ring is 1. The van der Waals surface area contributed by atoms with Crippen LogP contribution in [0, 0.1) is 0 Å². The van der Waals surface area contributed by atoms with Crippen molar-refractivity contribution in [2.45, 2.75) is 25.0 Å². The minimum Gasteiger partial charge on any atom is -0.397 e. The number of hydrogen-bond donors (Lipinski definition) is 2. The Balaban J connectivity index is 1.82. The fourth-order valence-corrected chi connectivity index (χ4v) is 2.10. The van der Waals surface area contributed by atoms with Gasteiger partial charge in [-0.25, -0.2) is 4.63 Å². The molecule has 0 aliphatic heterocycles. The van der Waals surface area contributed by atoms with Gasteiger partial charge in [-0.15, -0.1) is 0 Å². The van der Waals surface area contributed by atoms with Crippen LogP contribution in [0.5, 0.6) is 0 Å². The Hall–Kier alpha value is -1.82. The predicted molar refractivity (Wildman–Crippen MR) is 63.7 cm³/mol. The summed E-state index contributed by atoms with van der Waals surface area (Å²) in [6.07, 6.45) is 2.38. The second kappa shape index (κ2) is 3.89. The molecule has 3 rings (SSSR count). The molecule has 0 radical (unpaired) electrons. The summed E-state index contributed by atoms with van der Waals surface area (Å²) in [5, 5.41) is 11.1. The fourth-order valence-electron chi connectivity index (χ4n) is 2.10. The minimum atomic E-state index is 0.368. The molecule has 0 atom stereocenters. The first-order chi connectivity index (χ1) is 8.28. The van der Waals surface area contributed by atoms with Crippen LogP contribution in [0.2, 0.25) is 0 Å². The number of anilines is 2. The number of nitrogens with one attached hydrogen (secondary N) is 1. The van der Waals surface area contributed by atoms with E-state index < -0.39 is 0 Å². The highest BCUT2D eigenvalue weighted by Crippen LogP contribution is 2.30. The molecule has 0 bridgehead atoms. The number of nitrogens with two attached hydrogens (primary N) is 1. The Morgan fingerprint density at radius 3 is 2.88 bits per heavy atom. The van der Waals surface area contributed by atoms with E-state index in [0.717, 1.165) is 18.5 Å². The quantitative estimate of drug-likeness (QED) is 0.780. The average molecular weight is 234 g/mol. The van der Waals surface area contributed by atoms with Crippen LogP contribution in [0.1, 0.15) is 12.8 Å². The number of hydrogen-bond acceptors (Lipinski definition) is 6. The first kappa shape index (κ1) is 10.3. The number of aromatic nitrogens is 2. The molecule has 3 N–H and O–H groups in total. The molecule has 1 heterocycles. The molecule has 1 fully saturated rings. The summed E-state index contributed by atoms with van der Waals surface area (Å²) in [5.74, 6) is 0. The Morgan fingerprint density at radius 1 is 1.35 bits per heavy atom. The maximum Gasteiger partial charge on any atom is 0.160 e. The third-order valence-corrected chi connectivity index (χ3v) is 3.23. The molecule has 1 saturated carbocycles. The van der Waals surface area contributed by atoms with Crippen LogP contribution in [0.4, 0.5) is 11.4 Å².